The van der Waals surface area contributed by atoms with Gasteiger partial charge in [0.1, 0.15) is 5.56 Å². The Morgan fingerprint density at radius 3 is 2.68 bits per heavy atom. The number of aryl methyl sites for hydroxylation is 1. The second kappa shape index (κ2) is 7.91. The molecule has 0 aliphatic rings. The maximum Gasteiger partial charge on any atom is 0.290 e. The van der Waals surface area contributed by atoms with Crippen LogP contribution in [0.15, 0.2) is 47.2 Å². The van der Waals surface area contributed by atoms with Gasteiger partial charge in [-0.15, -0.1) is 0 Å². The number of hydrogen-bond donors (Lipinski definition) is 2. The first-order valence-electron chi connectivity index (χ1n) is 6.30. The minimum absolute atomic E-state index is 0. The van der Waals surface area contributed by atoms with Crippen LogP contribution in [0.3, 0.4) is 0 Å². The number of carbonyl (C=O) groups excluding carboxylic acids is 2. The van der Waals surface area contributed by atoms with E-state index in [1.54, 1.807) is 29.1 Å². The quantitative estimate of drug-likeness (QED) is 0.649. The average Bonchev–Trinajstić information content (AvgIpc) is 2.43. The van der Waals surface area contributed by atoms with Gasteiger partial charge in [-0.1, -0.05) is 15.9 Å². The number of nitrogens with zero attached hydrogens (tertiary/aromatic N) is 1. The predicted octanol–water partition coefficient (Wildman–Crippen LogP) is -1.21. The average molecular weight is 385 g/mol. The zero-order valence-electron chi connectivity index (χ0n) is 11.8. The second-order valence-electron chi connectivity index (χ2n) is 4.64. The summed E-state index contributed by atoms with van der Waals surface area (Å²) in [6.07, 6.45) is 3.26. The molecule has 2 amide bonds. The summed E-state index contributed by atoms with van der Waals surface area (Å²) in [4.78, 5) is 23.1. The lowest BCUT2D eigenvalue weighted by molar-refractivity contribution is -0.684. The number of anilines is 1. The lowest BCUT2D eigenvalue weighted by Gasteiger charge is -2.05. The van der Waals surface area contributed by atoms with Crippen LogP contribution in [0.25, 0.3) is 0 Å². The molecule has 0 atom stereocenters. The molecule has 7 heteroatoms. The predicted molar refractivity (Wildman–Crippen MR) is 82.7 cm³/mol. The summed E-state index contributed by atoms with van der Waals surface area (Å²) < 4.78 is 2.60. The molecule has 0 saturated heterocycles. The zero-order valence-corrected chi connectivity index (χ0v) is 14.2. The first-order valence-corrected chi connectivity index (χ1v) is 7.10. The summed E-state index contributed by atoms with van der Waals surface area (Å²) in [5.74, 6) is -0.698. The summed E-state index contributed by atoms with van der Waals surface area (Å²) in [6, 6.07) is 8.86. The van der Waals surface area contributed by atoms with Gasteiger partial charge in [0.2, 0.25) is 6.54 Å². The van der Waals surface area contributed by atoms with Crippen molar-refractivity contribution in [2.24, 2.45) is 5.73 Å². The van der Waals surface area contributed by atoms with E-state index < -0.39 is 5.91 Å². The highest BCUT2D eigenvalue weighted by Crippen LogP contribution is 2.19. The smallest absolute Gasteiger partial charge is 0.290 e. The molecule has 3 N–H and O–H groups in total. The molecule has 2 rings (SSSR count). The molecule has 1 aromatic carbocycles. The van der Waals surface area contributed by atoms with Crippen molar-refractivity contribution in [3.05, 3.63) is 58.3 Å². The van der Waals surface area contributed by atoms with Crippen LogP contribution in [0.5, 0.6) is 0 Å². The number of nitrogens with one attached hydrogen (secondary N) is 1. The van der Waals surface area contributed by atoms with Gasteiger partial charge in [-0.2, -0.15) is 4.57 Å². The highest BCUT2D eigenvalue weighted by Gasteiger charge is 2.12. The van der Waals surface area contributed by atoms with Crippen molar-refractivity contribution in [1.82, 2.24) is 0 Å². The maximum atomic E-state index is 12.0. The van der Waals surface area contributed by atoms with E-state index in [1.165, 1.54) is 0 Å². The van der Waals surface area contributed by atoms with E-state index in [0.717, 1.165) is 15.7 Å². The third-order valence-electron chi connectivity index (χ3n) is 2.91. The molecule has 1 aromatic heterocycles. The van der Waals surface area contributed by atoms with Crippen molar-refractivity contribution in [1.29, 1.82) is 0 Å². The summed E-state index contributed by atoms with van der Waals surface area (Å²) in [6.45, 7) is 2.06. The molecular formula is C15H15BrClN3O2. The molecular weight excluding hydrogens is 370 g/mol. The monoisotopic (exact) mass is 383 g/mol. The number of benzene rings is 1. The number of aromatic nitrogens is 1. The van der Waals surface area contributed by atoms with Crippen LogP contribution in [0.4, 0.5) is 5.69 Å². The fourth-order valence-electron chi connectivity index (χ4n) is 1.85. The first kappa shape index (κ1) is 18.1. The van der Waals surface area contributed by atoms with Gasteiger partial charge < -0.3 is 23.5 Å². The molecule has 1 heterocycles. The Labute approximate surface area is 143 Å². The SMILES string of the molecule is Cc1cc(NC(=O)C[n+]2cccc(C(N)=O)c2)ccc1Br.[Cl-]. The summed E-state index contributed by atoms with van der Waals surface area (Å²) >= 11 is 3.41. The molecule has 0 bridgehead atoms. The second-order valence-corrected chi connectivity index (χ2v) is 5.50. The van der Waals surface area contributed by atoms with Crippen molar-refractivity contribution < 1.29 is 26.6 Å². The lowest BCUT2D eigenvalue weighted by Crippen LogP contribution is -3.00. The number of pyridine rings is 1. The van der Waals surface area contributed by atoms with Gasteiger partial charge in [-0.3, -0.25) is 9.59 Å². The maximum absolute atomic E-state index is 12.0. The van der Waals surface area contributed by atoms with Crippen molar-refractivity contribution in [3.8, 4) is 0 Å². The molecule has 116 valence electrons. The van der Waals surface area contributed by atoms with Crippen LogP contribution in [0.1, 0.15) is 15.9 Å². The Bertz CT molecular complexity index is 707. The summed E-state index contributed by atoms with van der Waals surface area (Å²) in [5.41, 5.74) is 7.34. The minimum atomic E-state index is -0.520. The van der Waals surface area contributed by atoms with Gasteiger partial charge in [0.15, 0.2) is 12.4 Å². The number of primary amides is 1. The number of amides is 2. The van der Waals surface area contributed by atoms with Crippen molar-refractivity contribution in [2.75, 3.05) is 5.32 Å². The van der Waals surface area contributed by atoms with Crippen molar-refractivity contribution in [2.45, 2.75) is 13.5 Å². The number of carbonyl (C=O) groups is 2. The number of nitrogens with two attached hydrogens (primary N) is 1. The molecule has 5 nitrogen and oxygen atoms in total. The normalized spacial score (nSPS) is 9.73. The highest BCUT2D eigenvalue weighted by atomic mass is 79.9. The fourth-order valence-corrected chi connectivity index (χ4v) is 2.10. The number of hydrogen-bond acceptors (Lipinski definition) is 2. The Balaban J connectivity index is 0.00000242. The van der Waals surface area contributed by atoms with E-state index in [2.05, 4.69) is 21.2 Å². The van der Waals surface area contributed by atoms with Crippen LogP contribution in [0.2, 0.25) is 0 Å². The Kier molecular flexibility index (Phi) is 6.52. The van der Waals surface area contributed by atoms with Gasteiger partial charge in [0, 0.05) is 16.2 Å². The highest BCUT2D eigenvalue weighted by molar-refractivity contribution is 9.10. The molecule has 22 heavy (non-hydrogen) atoms. The van der Waals surface area contributed by atoms with E-state index in [4.69, 9.17) is 5.73 Å². The topological polar surface area (TPSA) is 76.1 Å². The van der Waals surface area contributed by atoms with Crippen LogP contribution in [-0.2, 0) is 11.3 Å². The van der Waals surface area contributed by atoms with E-state index in [-0.39, 0.29) is 24.9 Å². The first-order chi connectivity index (χ1) is 9.95. The lowest BCUT2D eigenvalue weighted by atomic mass is 10.2. The number of halogens is 2. The van der Waals surface area contributed by atoms with Gasteiger partial charge >= 0.3 is 0 Å². The van der Waals surface area contributed by atoms with E-state index >= 15 is 0 Å². The molecule has 0 unspecified atom stereocenters. The Hall–Kier alpha value is -1.92. The fraction of sp³-hybridized carbons (Fsp3) is 0.133. The summed E-state index contributed by atoms with van der Waals surface area (Å²) in [5, 5.41) is 2.81. The summed E-state index contributed by atoms with van der Waals surface area (Å²) in [7, 11) is 0. The Morgan fingerprint density at radius 1 is 1.32 bits per heavy atom. The molecule has 2 aromatic rings. The van der Waals surface area contributed by atoms with Crippen LogP contribution in [0, 0.1) is 6.92 Å². The van der Waals surface area contributed by atoms with Gasteiger partial charge in [-0.05, 0) is 36.8 Å². The number of rotatable bonds is 4. The molecule has 0 fully saturated rings. The van der Waals surface area contributed by atoms with Crippen molar-refractivity contribution in [3.63, 3.8) is 0 Å². The van der Waals surface area contributed by atoms with Crippen LogP contribution in [-0.4, -0.2) is 11.8 Å². The standard InChI is InChI=1S/C15H14BrN3O2.ClH/c1-10-7-12(4-5-13(10)16)18-14(20)9-19-6-2-3-11(8-19)15(17)21;/h2-8H,9H2,1H3,(H2-,17,18,20,21);1H. The largest absolute Gasteiger partial charge is 1.00 e. The van der Waals surface area contributed by atoms with Gasteiger partial charge in [0.25, 0.3) is 11.8 Å². The Morgan fingerprint density at radius 2 is 2.05 bits per heavy atom. The van der Waals surface area contributed by atoms with E-state index in [0.29, 0.717) is 5.56 Å². The zero-order chi connectivity index (χ0) is 15.4. The minimum Gasteiger partial charge on any atom is -1.00 e. The molecule has 0 aliphatic heterocycles. The third-order valence-corrected chi connectivity index (χ3v) is 3.80. The van der Waals surface area contributed by atoms with Gasteiger partial charge in [0.05, 0.1) is 0 Å². The van der Waals surface area contributed by atoms with Crippen molar-refractivity contribution >= 4 is 33.4 Å². The van der Waals surface area contributed by atoms with Crippen LogP contribution < -0.4 is 28.0 Å². The molecule has 0 radical (unpaired) electrons. The third kappa shape index (κ3) is 4.82. The van der Waals surface area contributed by atoms with Crippen LogP contribution >= 0.6 is 15.9 Å². The van der Waals surface area contributed by atoms with E-state index in [1.807, 2.05) is 25.1 Å². The molecule has 0 saturated carbocycles. The van der Waals surface area contributed by atoms with Gasteiger partial charge in [-0.25, -0.2) is 0 Å². The molecule has 0 spiro atoms. The van der Waals surface area contributed by atoms with E-state index in [9.17, 15) is 9.59 Å². The molecule has 0 aliphatic carbocycles.